The predicted octanol–water partition coefficient (Wildman–Crippen LogP) is 1.24. The molecule has 1 unspecified atom stereocenters. The van der Waals surface area contributed by atoms with Gasteiger partial charge in [-0.3, -0.25) is 4.79 Å². The van der Waals surface area contributed by atoms with E-state index in [2.05, 4.69) is 10.5 Å². The Labute approximate surface area is 103 Å². The van der Waals surface area contributed by atoms with Crippen LogP contribution in [0.3, 0.4) is 0 Å². The van der Waals surface area contributed by atoms with Crippen molar-refractivity contribution in [2.24, 2.45) is 5.16 Å². The maximum absolute atomic E-state index is 11.9. The third kappa shape index (κ3) is 2.48. The zero-order valence-electron chi connectivity index (χ0n) is 9.71. The molecule has 0 saturated carbocycles. The molecule has 1 aliphatic rings. The van der Waals surface area contributed by atoms with E-state index >= 15 is 0 Å². The summed E-state index contributed by atoms with van der Waals surface area (Å²) in [4.78, 5) is 27.9. The van der Waals surface area contributed by atoms with Gasteiger partial charge in [0.05, 0.1) is 16.8 Å². The Kier molecular flexibility index (Phi) is 3.27. The molecule has 1 aromatic carbocycles. The highest BCUT2D eigenvalue weighted by molar-refractivity contribution is 6.05. The number of oxime groups is 1. The number of hydrogen-bond acceptors (Lipinski definition) is 4. The van der Waals surface area contributed by atoms with Gasteiger partial charge in [-0.2, -0.15) is 0 Å². The van der Waals surface area contributed by atoms with Gasteiger partial charge in [0.2, 0.25) is 6.23 Å². The van der Waals surface area contributed by atoms with Gasteiger partial charge in [-0.05, 0) is 19.1 Å². The van der Waals surface area contributed by atoms with Crippen molar-refractivity contribution in [3.63, 3.8) is 0 Å². The maximum atomic E-state index is 11.9. The molecule has 0 fully saturated rings. The van der Waals surface area contributed by atoms with Gasteiger partial charge in [0.15, 0.2) is 0 Å². The van der Waals surface area contributed by atoms with E-state index in [1.807, 2.05) is 0 Å². The summed E-state index contributed by atoms with van der Waals surface area (Å²) in [5, 5.41) is 15.3. The quantitative estimate of drug-likeness (QED) is 0.842. The van der Waals surface area contributed by atoms with Crippen molar-refractivity contribution in [2.45, 2.75) is 19.6 Å². The molecule has 2 rings (SSSR count). The molecule has 0 aliphatic carbocycles. The highest BCUT2D eigenvalue weighted by atomic mass is 16.7. The average molecular weight is 248 g/mol. The summed E-state index contributed by atoms with van der Waals surface area (Å²) in [6.07, 6.45) is -0.0274. The molecule has 0 radical (unpaired) electrons. The van der Waals surface area contributed by atoms with Gasteiger partial charge in [0.1, 0.15) is 0 Å². The van der Waals surface area contributed by atoms with Crippen molar-refractivity contribution < 1.29 is 19.5 Å². The number of carbonyl (C=O) groups is 2. The lowest BCUT2D eigenvalue weighted by Gasteiger charge is -2.11. The first-order chi connectivity index (χ1) is 8.58. The summed E-state index contributed by atoms with van der Waals surface area (Å²) in [5.41, 5.74) is 0.857. The molecule has 94 valence electrons. The smallest absolute Gasteiger partial charge is 0.336 e. The van der Waals surface area contributed by atoms with Crippen molar-refractivity contribution in [3.8, 4) is 0 Å². The molecule has 6 nitrogen and oxygen atoms in total. The van der Waals surface area contributed by atoms with E-state index in [4.69, 9.17) is 9.94 Å². The Morgan fingerprint density at radius 3 is 2.61 bits per heavy atom. The van der Waals surface area contributed by atoms with E-state index in [0.29, 0.717) is 6.42 Å². The summed E-state index contributed by atoms with van der Waals surface area (Å²) < 4.78 is 0. The van der Waals surface area contributed by atoms with E-state index in [0.717, 1.165) is 5.71 Å². The van der Waals surface area contributed by atoms with Crippen LogP contribution in [-0.2, 0) is 4.84 Å². The second-order valence-electron chi connectivity index (χ2n) is 3.95. The minimum Gasteiger partial charge on any atom is -0.478 e. The lowest BCUT2D eigenvalue weighted by atomic mass is 10.1. The van der Waals surface area contributed by atoms with Gasteiger partial charge < -0.3 is 15.3 Å². The van der Waals surface area contributed by atoms with Crippen LogP contribution < -0.4 is 5.32 Å². The van der Waals surface area contributed by atoms with Gasteiger partial charge >= 0.3 is 5.97 Å². The normalized spacial score (nSPS) is 17.8. The number of carboxylic acids is 1. The number of nitrogens with zero attached hydrogens (tertiary/aromatic N) is 1. The van der Waals surface area contributed by atoms with Crippen molar-refractivity contribution in [2.75, 3.05) is 0 Å². The summed E-state index contributed by atoms with van der Waals surface area (Å²) in [7, 11) is 0. The Morgan fingerprint density at radius 1 is 1.39 bits per heavy atom. The fourth-order valence-electron chi connectivity index (χ4n) is 1.67. The van der Waals surface area contributed by atoms with Crippen LogP contribution in [0.4, 0.5) is 0 Å². The lowest BCUT2D eigenvalue weighted by Crippen LogP contribution is -2.35. The van der Waals surface area contributed by atoms with Crippen LogP contribution in [0, 0.1) is 0 Å². The van der Waals surface area contributed by atoms with E-state index in [9.17, 15) is 9.59 Å². The monoisotopic (exact) mass is 248 g/mol. The average Bonchev–Trinajstić information content (AvgIpc) is 2.74. The van der Waals surface area contributed by atoms with Crippen LogP contribution in [0.25, 0.3) is 0 Å². The Morgan fingerprint density at radius 2 is 2.06 bits per heavy atom. The number of amides is 1. The molecule has 0 saturated heterocycles. The third-order valence-electron chi connectivity index (χ3n) is 2.51. The first kappa shape index (κ1) is 12.1. The molecule has 6 heteroatoms. The largest absolute Gasteiger partial charge is 0.478 e. The molecule has 1 aromatic rings. The number of hydrogen-bond donors (Lipinski definition) is 2. The lowest BCUT2D eigenvalue weighted by molar-refractivity contribution is 0.0497. The predicted molar refractivity (Wildman–Crippen MR) is 63.5 cm³/mol. The van der Waals surface area contributed by atoms with Gasteiger partial charge in [-0.25, -0.2) is 4.79 Å². The topological polar surface area (TPSA) is 88.0 Å². The van der Waals surface area contributed by atoms with Gasteiger partial charge in [-0.15, -0.1) is 0 Å². The van der Waals surface area contributed by atoms with E-state index < -0.39 is 18.1 Å². The second kappa shape index (κ2) is 4.87. The summed E-state index contributed by atoms with van der Waals surface area (Å²) in [6.45, 7) is 1.79. The Bertz CT molecular complexity index is 525. The first-order valence-corrected chi connectivity index (χ1v) is 5.40. The number of carboxylic acid groups (broad SMARTS) is 1. The van der Waals surface area contributed by atoms with E-state index in [1.54, 1.807) is 19.1 Å². The third-order valence-corrected chi connectivity index (χ3v) is 2.51. The molecule has 2 N–H and O–H groups in total. The van der Waals surface area contributed by atoms with Crippen molar-refractivity contribution >= 4 is 17.6 Å². The molecule has 1 aliphatic heterocycles. The molecule has 1 amide bonds. The molecule has 18 heavy (non-hydrogen) atoms. The van der Waals surface area contributed by atoms with Crippen molar-refractivity contribution in [3.05, 3.63) is 35.4 Å². The molecule has 1 heterocycles. The minimum absolute atomic E-state index is 0.0364. The van der Waals surface area contributed by atoms with Crippen LogP contribution in [0.15, 0.2) is 29.4 Å². The molecular formula is C12H12N2O4. The van der Waals surface area contributed by atoms with E-state index in [-0.39, 0.29) is 11.1 Å². The van der Waals surface area contributed by atoms with Crippen LogP contribution in [0.2, 0.25) is 0 Å². The van der Waals surface area contributed by atoms with Crippen LogP contribution in [0.1, 0.15) is 34.1 Å². The zero-order valence-corrected chi connectivity index (χ0v) is 9.71. The summed E-state index contributed by atoms with van der Waals surface area (Å²) in [6, 6.07) is 6.02. The molecule has 0 bridgehead atoms. The molecule has 1 atom stereocenters. The van der Waals surface area contributed by atoms with Gasteiger partial charge in [-0.1, -0.05) is 17.3 Å². The van der Waals surface area contributed by atoms with Gasteiger partial charge in [0.25, 0.3) is 5.91 Å². The number of carbonyl (C=O) groups excluding carboxylic acids is 1. The number of rotatable bonds is 3. The van der Waals surface area contributed by atoms with Crippen molar-refractivity contribution in [1.82, 2.24) is 5.32 Å². The fraction of sp³-hybridized carbons (Fsp3) is 0.250. The first-order valence-electron chi connectivity index (χ1n) is 5.40. The number of benzene rings is 1. The van der Waals surface area contributed by atoms with E-state index in [1.165, 1.54) is 12.1 Å². The number of aromatic carboxylic acids is 1. The van der Waals surface area contributed by atoms with Crippen molar-refractivity contribution in [1.29, 1.82) is 0 Å². The maximum Gasteiger partial charge on any atom is 0.336 e. The Hall–Kier alpha value is -2.37. The van der Waals surface area contributed by atoms with Crippen LogP contribution >= 0.6 is 0 Å². The molecule has 0 spiro atoms. The highest BCUT2D eigenvalue weighted by Crippen LogP contribution is 2.12. The summed E-state index contributed by atoms with van der Waals surface area (Å²) in [5.74, 6) is -1.62. The molecular weight excluding hydrogens is 236 g/mol. The fourth-order valence-corrected chi connectivity index (χ4v) is 1.67. The minimum atomic E-state index is -1.14. The standard InChI is InChI=1S/C12H12N2O4/c1-7-6-10(18-14-7)13-11(15)8-4-2-3-5-9(8)12(16)17/h2-5,10H,6H2,1H3,(H,13,15)(H,16,17). The summed E-state index contributed by atoms with van der Waals surface area (Å²) >= 11 is 0. The number of nitrogens with one attached hydrogen (secondary N) is 1. The van der Waals surface area contributed by atoms with Crippen LogP contribution in [-0.4, -0.2) is 28.9 Å². The second-order valence-corrected chi connectivity index (χ2v) is 3.95. The Balaban J connectivity index is 2.12. The zero-order chi connectivity index (χ0) is 13.1. The van der Waals surface area contributed by atoms with Crippen LogP contribution in [0.5, 0.6) is 0 Å². The van der Waals surface area contributed by atoms with Gasteiger partial charge in [0, 0.05) is 6.42 Å². The molecule has 0 aromatic heterocycles. The SMILES string of the molecule is CC1=NOC(NC(=O)c2ccccc2C(=O)O)C1. The highest BCUT2D eigenvalue weighted by Gasteiger charge is 2.23.